The summed E-state index contributed by atoms with van der Waals surface area (Å²) in [6.07, 6.45) is 1.61. The van der Waals surface area contributed by atoms with Gasteiger partial charge in [-0.1, -0.05) is 12.1 Å². The maximum absolute atomic E-state index is 12.2. The first kappa shape index (κ1) is 16.8. The second-order valence-corrected chi connectivity index (χ2v) is 5.20. The van der Waals surface area contributed by atoms with Gasteiger partial charge in [0, 0.05) is 0 Å². The van der Waals surface area contributed by atoms with Crippen LogP contribution < -0.4 is 10.2 Å². The number of quaternary nitrogens is 1. The molecule has 0 bridgehead atoms. The summed E-state index contributed by atoms with van der Waals surface area (Å²) >= 11 is 0. The molecule has 0 saturated heterocycles. The minimum absolute atomic E-state index is 0.175. The van der Waals surface area contributed by atoms with Crippen molar-refractivity contribution in [2.75, 3.05) is 25.5 Å². The van der Waals surface area contributed by atoms with Crippen LogP contribution in [-0.4, -0.2) is 32.1 Å². The molecule has 23 heavy (non-hydrogen) atoms. The van der Waals surface area contributed by atoms with Crippen LogP contribution in [0.3, 0.4) is 0 Å². The Morgan fingerprint density at radius 3 is 2.70 bits per heavy atom. The Morgan fingerprint density at radius 2 is 2.00 bits per heavy atom. The molecule has 2 aromatic rings. The number of amides is 1. The van der Waals surface area contributed by atoms with Crippen LogP contribution in [0.4, 0.5) is 5.69 Å². The highest BCUT2D eigenvalue weighted by atomic mass is 16.5. The average molecular weight is 317 g/mol. The first-order valence-electron chi connectivity index (χ1n) is 7.49. The first-order valence-corrected chi connectivity index (χ1v) is 7.49. The topological polar surface area (TPSA) is 73.0 Å². The number of nitrogens with one attached hydrogen (secondary N) is 2. The number of esters is 1. The Kier molecular flexibility index (Phi) is 5.94. The van der Waals surface area contributed by atoms with Crippen LogP contribution in [0, 0.1) is 0 Å². The third-order valence-electron chi connectivity index (χ3n) is 3.21. The Hall–Kier alpha value is -2.60. The lowest BCUT2D eigenvalue weighted by atomic mass is 10.2. The van der Waals surface area contributed by atoms with Gasteiger partial charge in [0.2, 0.25) is 0 Å². The first-order chi connectivity index (χ1) is 11.1. The molecule has 0 spiro atoms. The fourth-order valence-corrected chi connectivity index (χ4v) is 2.22. The minimum Gasteiger partial charge on any atom is -0.463 e. The molecule has 0 saturated carbocycles. The predicted molar refractivity (Wildman–Crippen MR) is 85.2 cm³/mol. The maximum Gasteiger partial charge on any atom is 0.340 e. The number of likely N-dealkylation sites (N-methyl/N-ethyl adjacent to an activating group) is 1. The third kappa shape index (κ3) is 4.96. The molecular formula is C17H21N2O4+. The molecule has 1 aromatic heterocycles. The molecule has 1 amide bonds. The van der Waals surface area contributed by atoms with Crippen molar-refractivity contribution < 1.29 is 23.6 Å². The highest BCUT2D eigenvalue weighted by Gasteiger charge is 2.16. The molecule has 1 unspecified atom stereocenters. The van der Waals surface area contributed by atoms with E-state index in [4.69, 9.17) is 9.15 Å². The van der Waals surface area contributed by atoms with E-state index < -0.39 is 5.97 Å². The normalized spacial score (nSPS) is 11.7. The van der Waals surface area contributed by atoms with Crippen molar-refractivity contribution in [2.45, 2.75) is 13.5 Å². The van der Waals surface area contributed by atoms with E-state index in [1.165, 1.54) is 0 Å². The summed E-state index contributed by atoms with van der Waals surface area (Å²) in [6.45, 7) is 2.90. The van der Waals surface area contributed by atoms with Crippen LogP contribution in [0.15, 0.2) is 47.1 Å². The van der Waals surface area contributed by atoms with Crippen molar-refractivity contribution in [3.05, 3.63) is 54.0 Å². The van der Waals surface area contributed by atoms with Gasteiger partial charge in [0.25, 0.3) is 5.91 Å². The largest absolute Gasteiger partial charge is 0.463 e. The standard InChI is InChI=1S/C17H20N2O4/c1-3-22-17(21)14-8-4-5-9-15(14)18-16(20)12-19(2)11-13-7-6-10-23-13/h4-10H,3,11-12H2,1-2H3,(H,18,20)/p+1. The summed E-state index contributed by atoms with van der Waals surface area (Å²) in [5.41, 5.74) is 0.813. The Balaban J connectivity index is 1.96. The van der Waals surface area contributed by atoms with Crippen LogP contribution in [0.2, 0.25) is 0 Å². The number of hydrogen-bond donors (Lipinski definition) is 2. The van der Waals surface area contributed by atoms with E-state index in [-0.39, 0.29) is 19.1 Å². The zero-order chi connectivity index (χ0) is 16.7. The minimum atomic E-state index is -0.445. The number of carbonyl (C=O) groups is 2. The van der Waals surface area contributed by atoms with Crippen molar-refractivity contribution in [3.8, 4) is 0 Å². The fourth-order valence-electron chi connectivity index (χ4n) is 2.22. The van der Waals surface area contributed by atoms with Gasteiger partial charge in [-0.3, -0.25) is 4.79 Å². The van der Waals surface area contributed by atoms with Gasteiger partial charge in [-0.2, -0.15) is 0 Å². The molecule has 122 valence electrons. The molecule has 0 aliphatic rings. The maximum atomic E-state index is 12.2. The SMILES string of the molecule is CCOC(=O)c1ccccc1NC(=O)C[NH+](C)Cc1ccco1. The molecule has 6 heteroatoms. The van der Waals surface area contributed by atoms with E-state index in [1.54, 1.807) is 37.5 Å². The van der Waals surface area contributed by atoms with Crippen LogP contribution in [0.25, 0.3) is 0 Å². The zero-order valence-electron chi connectivity index (χ0n) is 13.3. The highest BCUT2D eigenvalue weighted by Crippen LogP contribution is 2.15. The van der Waals surface area contributed by atoms with Gasteiger partial charge in [0.15, 0.2) is 12.3 Å². The predicted octanol–water partition coefficient (Wildman–Crippen LogP) is 1.11. The lowest BCUT2D eigenvalue weighted by molar-refractivity contribution is -0.886. The Labute approximate surface area is 135 Å². The lowest BCUT2D eigenvalue weighted by Gasteiger charge is -2.14. The Morgan fingerprint density at radius 1 is 1.22 bits per heavy atom. The molecule has 1 aromatic carbocycles. The van der Waals surface area contributed by atoms with Gasteiger partial charge in [-0.05, 0) is 31.2 Å². The van der Waals surface area contributed by atoms with E-state index in [9.17, 15) is 9.59 Å². The number of anilines is 1. The molecule has 0 radical (unpaired) electrons. The second-order valence-electron chi connectivity index (χ2n) is 5.20. The van der Waals surface area contributed by atoms with Gasteiger partial charge in [-0.25, -0.2) is 4.79 Å². The van der Waals surface area contributed by atoms with Gasteiger partial charge < -0.3 is 19.4 Å². The molecule has 0 fully saturated rings. The van der Waals surface area contributed by atoms with E-state index in [2.05, 4.69) is 5.32 Å². The van der Waals surface area contributed by atoms with Crippen LogP contribution in [-0.2, 0) is 16.1 Å². The summed E-state index contributed by atoms with van der Waals surface area (Å²) in [6, 6.07) is 10.5. The number of carbonyl (C=O) groups excluding carboxylic acids is 2. The summed E-state index contributed by atoms with van der Waals surface area (Å²) in [5, 5.41) is 2.77. The molecular weight excluding hydrogens is 296 g/mol. The summed E-state index contributed by atoms with van der Waals surface area (Å²) in [4.78, 5) is 25.0. The molecule has 1 atom stereocenters. The van der Waals surface area contributed by atoms with E-state index in [0.29, 0.717) is 17.8 Å². The second kappa shape index (κ2) is 8.14. The molecule has 6 nitrogen and oxygen atoms in total. The van der Waals surface area contributed by atoms with Gasteiger partial charge >= 0.3 is 5.97 Å². The van der Waals surface area contributed by atoms with Gasteiger partial charge in [-0.15, -0.1) is 0 Å². The number of para-hydroxylation sites is 1. The number of ether oxygens (including phenoxy) is 1. The number of furan rings is 1. The van der Waals surface area contributed by atoms with E-state index in [0.717, 1.165) is 10.7 Å². The van der Waals surface area contributed by atoms with Gasteiger partial charge in [0.1, 0.15) is 6.54 Å². The quantitative estimate of drug-likeness (QED) is 0.750. The fraction of sp³-hybridized carbons (Fsp3) is 0.294. The number of benzene rings is 1. The molecule has 1 heterocycles. The zero-order valence-corrected chi connectivity index (χ0v) is 13.3. The molecule has 0 aliphatic heterocycles. The van der Waals surface area contributed by atoms with Crippen molar-refractivity contribution >= 4 is 17.6 Å². The van der Waals surface area contributed by atoms with Crippen molar-refractivity contribution in [1.82, 2.24) is 0 Å². The summed E-state index contributed by atoms with van der Waals surface area (Å²) in [7, 11) is 1.90. The number of hydrogen-bond acceptors (Lipinski definition) is 4. The summed E-state index contributed by atoms with van der Waals surface area (Å²) < 4.78 is 10.3. The number of rotatable bonds is 7. The molecule has 2 N–H and O–H groups in total. The van der Waals surface area contributed by atoms with Crippen LogP contribution >= 0.6 is 0 Å². The van der Waals surface area contributed by atoms with Gasteiger partial charge in [0.05, 0.1) is 31.2 Å². The van der Waals surface area contributed by atoms with Crippen molar-refractivity contribution in [3.63, 3.8) is 0 Å². The van der Waals surface area contributed by atoms with Crippen molar-refractivity contribution in [1.29, 1.82) is 0 Å². The van der Waals surface area contributed by atoms with Crippen molar-refractivity contribution in [2.24, 2.45) is 0 Å². The van der Waals surface area contributed by atoms with Crippen LogP contribution in [0.5, 0.6) is 0 Å². The smallest absolute Gasteiger partial charge is 0.340 e. The third-order valence-corrected chi connectivity index (χ3v) is 3.21. The van der Waals surface area contributed by atoms with Crippen LogP contribution in [0.1, 0.15) is 23.0 Å². The Bertz CT molecular complexity index is 652. The summed E-state index contributed by atoms with van der Waals surface area (Å²) in [5.74, 6) is 0.202. The molecule has 2 rings (SSSR count). The molecule has 0 aliphatic carbocycles. The van der Waals surface area contributed by atoms with E-state index in [1.807, 2.05) is 19.2 Å². The lowest BCUT2D eigenvalue weighted by Crippen LogP contribution is -3.08. The van der Waals surface area contributed by atoms with E-state index >= 15 is 0 Å². The highest BCUT2D eigenvalue weighted by molar-refractivity contribution is 6.01. The average Bonchev–Trinajstić information content (AvgIpc) is 3.00. The monoisotopic (exact) mass is 317 g/mol.